The minimum Gasteiger partial charge on any atom is -0.468 e. The first kappa shape index (κ1) is 20.4. The van der Waals surface area contributed by atoms with Crippen LogP contribution in [-0.2, 0) is 10.0 Å². The fourth-order valence-electron chi connectivity index (χ4n) is 3.57. The highest BCUT2D eigenvalue weighted by atomic mass is 35.5. The number of amides is 1. The molecule has 7 nitrogen and oxygen atoms in total. The summed E-state index contributed by atoms with van der Waals surface area (Å²) in [6, 6.07) is 7.97. The molecule has 29 heavy (non-hydrogen) atoms. The van der Waals surface area contributed by atoms with E-state index in [0.717, 1.165) is 44.5 Å². The standard InChI is InChI=1S/C20H24ClN3O4S/c21-16-8-5-14(12-19(16)29(26,27)23-15-6-7-15)20(25)22-13-17(18-4-3-11-28-18)24-9-1-2-10-24/h3-5,8,11-12,15,17,23H,1-2,6-7,9-10,13H2,(H,22,25)/t17-/m1/s1. The zero-order valence-corrected chi connectivity index (χ0v) is 17.5. The van der Waals surface area contributed by atoms with E-state index in [1.165, 1.54) is 18.2 Å². The molecule has 1 atom stereocenters. The van der Waals surface area contributed by atoms with Crippen LogP contribution in [-0.4, -0.2) is 44.9 Å². The van der Waals surface area contributed by atoms with Crippen LogP contribution >= 0.6 is 11.6 Å². The van der Waals surface area contributed by atoms with E-state index in [1.54, 1.807) is 6.26 Å². The fourth-order valence-corrected chi connectivity index (χ4v) is 5.40. The number of nitrogens with zero attached hydrogens (tertiary/aromatic N) is 1. The van der Waals surface area contributed by atoms with Crippen molar-refractivity contribution < 1.29 is 17.6 Å². The van der Waals surface area contributed by atoms with E-state index in [2.05, 4.69) is 14.9 Å². The number of likely N-dealkylation sites (tertiary alicyclic amines) is 1. The third-order valence-electron chi connectivity index (χ3n) is 5.29. The van der Waals surface area contributed by atoms with Gasteiger partial charge in [0.15, 0.2) is 0 Å². The van der Waals surface area contributed by atoms with Crippen LogP contribution in [0.2, 0.25) is 5.02 Å². The lowest BCUT2D eigenvalue weighted by Crippen LogP contribution is -2.36. The number of carbonyl (C=O) groups is 1. The van der Waals surface area contributed by atoms with Gasteiger partial charge in [0.1, 0.15) is 10.7 Å². The van der Waals surface area contributed by atoms with Gasteiger partial charge in [0, 0.05) is 18.2 Å². The molecule has 1 aromatic carbocycles. The number of furan rings is 1. The second kappa shape index (κ2) is 8.47. The van der Waals surface area contributed by atoms with Crippen LogP contribution in [0.15, 0.2) is 45.9 Å². The summed E-state index contributed by atoms with van der Waals surface area (Å²) in [5, 5.41) is 3.01. The van der Waals surface area contributed by atoms with Crippen molar-refractivity contribution >= 4 is 27.5 Å². The van der Waals surface area contributed by atoms with Gasteiger partial charge in [-0.05, 0) is 69.1 Å². The van der Waals surface area contributed by atoms with Crippen LogP contribution in [0.25, 0.3) is 0 Å². The number of sulfonamides is 1. The molecule has 0 radical (unpaired) electrons. The second-order valence-electron chi connectivity index (χ2n) is 7.53. The summed E-state index contributed by atoms with van der Waals surface area (Å²) in [5.74, 6) is 0.459. The lowest BCUT2D eigenvalue weighted by molar-refractivity contribution is 0.0933. The summed E-state index contributed by atoms with van der Waals surface area (Å²) in [5.41, 5.74) is 0.255. The molecule has 2 aliphatic rings. The maximum Gasteiger partial charge on any atom is 0.251 e. The molecule has 1 amide bonds. The van der Waals surface area contributed by atoms with E-state index >= 15 is 0 Å². The zero-order valence-electron chi connectivity index (χ0n) is 15.9. The third-order valence-corrected chi connectivity index (χ3v) is 7.29. The van der Waals surface area contributed by atoms with Crippen LogP contribution in [0.3, 0.4) is 0 Å². The number of hydrogen-bond donors (Lipinski definition) is 2. The van der Waals surface area contributed by atoms with E-state index in [0.29, 0.717) is 6.54 Å². The first-order valence-corrected chi connectivity index (χ1v) is 11.7. The SMILES string of the molecule is O=C(NC[C@H](c1ccco1)N1CCCC1)c1ccc(Cl)c(S(=O)(=O)NC2CC2)c1. The van der Waals surface area contributed by atoms with E-state index in [9.17, 15) is 13.2 Å². The van der Waals surface area contributed by atoms with Crippen molar-refractivity contribution in [3.8, 4) is 0 Å². The molecule has 4 rings (SSSR count). The van der Waals surface area contributed by atoms with E-state index in [4.69, 9.17) is 16.0 Å². The smallest absolute Gasteiger partial charge is 0.251 e. The average Bonchev–Trinajstić information content (AvgIpc) is 3.15. The Morgan fingerprint density at radius 2 is 2.00 bits per heavy atom. The van der Waals surface area contributed by atoms with E-state index in [-0.39, 0.29) is 33.5 Å². The van der Waals surface area contributed by atoms with Crippen LogP contribution in [0.1, 0.15) is 47.8 Å². The maximum absolute atomic E-state index is 12.7. The predicted octanol–water partition coefficient (Wildman–Crippen LogP) is 2.94. The van der Waals surface area contributed by atoms with Crippen molar-refractivity contribution in [2.24, 2.45) is 0 Å². The molecular weight excluding hydrogens is 414 g/mol. The number of hydrogen-bond acceptors (Lipinski definition) is 5. The number of nitrogens with one attached hydrogen (secondary N) is 2. The van der Waals surface area contributed by atoms with Crippen LogP contribution in [0.5, 0.6) is 0 Å². The molecule has 9 heteroatoms. The van der Waals surface area contributed by atoms with Crippen molar-refractivity contribution in [1.82, 2.24) is 14.9 Å². The minimum atomic E-state index is -3.75. The zero-order chi connectivity index (χ0) is 20.4. The summed E-state index contributed by atoms with van der Waals surface area (Å²) in [4.78, 5) is 15.0. The Kier molecular flexibility index (Phi) is 5.96. The Hall–Kier alpha value is -1.87. The van der Waals surface area contributed by atoms with Crippen LogP contribution < -0.4 is 10.0 Å². The quantitative estimate of drug-likeness (QED) is 0.662. The Balaban J connectivity index is 1.48. The lowest BCUT2D eigenvalue weighted by atomic mass is 10.1. The largest absolute Gasteiger partial charge is 0.468 e. The Morgan fingerprint density at radius 1 is 1.24 bits per heavy atom. The Bertz CT molecular complexity index is 968. The van der Waals surface area contributed by atoms with Crippen LogP contribution in [0, 0.1) is 0 Å². The van der Waals surface area contributed by atoms with E-state index < -0.39 is 10.0 Å². The van der Waals surface area contributed by atoms with Gasteiger partial charge in [-0.15, -0.1) is 0 Å². The number of halogens is 1. The fraction of sp³-hybridized carbons (Fsp3) is 0.450. The van der Waals surface area contributed by atoms with E-state index in [1.807, 2.05) is 12.1 Å². The molecule has 0 unspecified atom stereocenters. The number of carbonyl (C=O) groups excluding carboxylic acids is 1. The molecule has 1 aliphatic carbocycles. The number of rotatable bonds is 8. The maximum atomic E-state index is 12.7. The summed E-state index contributed by atoms with van der Waals surface area (Å²) >= 11 is 6.10. The highest BCUT2D eigenvalue weighted by molar-refractivity contribution is 7.89. The number of benzene rings is 1. The van der Waals surface area contributed by atoms with Gasteiger partial charge in [0.25, 0.3) is 5.91 Å². The molecule has 156 valence electrons. The Morgan fingerprint density at radius 3 is 2.66 bits per heavy atom. The molecule has 1 aromatic heterocycles. The minimum absolute atomic E-state index is 0.0388. The van der Waals surface area contributed by atoms with Crippen molar-refractivity contribution in [2.75, 3.05) is 19.6 Å². The molecule has 2 N–H and O–H groups in total. The van der Waals surface area contributed by atoms with Crippen LogP contribution in [0.4, 0.5) is 0 Å². The first-order chi connectivity index (χ1) is 13.9. The molecular formula is C20H24ClN3O4S. The average molecular weight is 438 g/mol. The van der Waals surface area contributed by atoms with Gasteiger partial charge < -0.3 is 9.73 Å². The molecule has 1 saturated carbocycles. The summed E-state index contributed by atoms with van der Waals surface area (Å²) in [6.45, 7) is 2.28. The van der Waals surface area contributed by atoms with Gasteiger partial charge in [-0.1, -0.05) is 11.6 Å². The second-order valence-corrected chi connectivity index (χ2v) is 9.61. The summed E-state index contributed by atoms with van der Waals surface area (Å²) < 4.78 is 33.2. The summed E-state index contributed by atoms with van der Waals surface area (Å²) in [6.07, 6.45) is 5.52. The van der Waals surface area contributed by atoms with Gasteiger partial charge in [0.05, 0.1) is 17.3 Å². The van der Waals surface area contributed by atoms with Gasteiger partial charge in [-0.3, -0.25) is 9.69 Å². The highest BCUT2D eigenvalue weighted by Gasteiger charge is 2.30. The normalized spacial score (nSPS) is 18.7. The summed E-state index contributed by atoms with van der Waals surface area (Å²) in [7, 11) is -3.75. The molecule has 0 spiro atoms. The van der Waals surface area contributed by atoms with Gasteiger partial charge in [0.2, 0.25) is 10.0 Å². The first-order valence-electron chi connectivity index (χ1n) is 9.81. The highest BCUT2D eigenvalue weighted by Crippen LogP contribution is 2.28. The lowest BCUT2D eigenvalue weighted by Gasteiger charge is -2.26. The topological polar surface area (TPSA) is 91.7 Å². The van der Waals surface area contributed by atoms with Gasteiger partial charge in [-0.2, -0.15) is 0 Å². The molecule has 2 aromatic rings. The Labute approximate surface area is 175 Å². The van der Waals surface area contributed by atoms with Crippen molar-refractivity contribution in [2.45, 2.75) is 42.7 Å². The van der Waals surface area contributed by atoms with Crippen molar-refractivity contribution in [1.29, 1.82) is 0 Å². The van der Waals surface area contributed by atoms with Crippen molar-refractivity contribution in [3.05, 3.63) is 52.9 Å². The van der Waals surface area contributed by atoms with Gasteiger partial charge in [-0.25, -0.2) is 13.1 Å². The molecule has 2 fully saturated rings. The molecule has 1 saturated heterocycles. The predicted molar refractivity (Wildman–Crippen MR) is 109 cm³/mol. The van der Waals surface area contributed by atoms with Gasteiger partial charge >= 0.3 is 0 Å². The van der Waals surface area contributed by atoms with Crippen molar-refractivity contribution in [3.63, 3.8) is 0 Å². The molecule has 1 aliphatic heterocycles. The monoisotopic (exact) mass is 437 g/mol. The molecule has 2 heterocycles. The third kappa shape index (κ3) is 4.83. The molecule has 0 bridgehead atoms.